The van der Waals surface area contributed by atoms with E-state index in [-0.39, 0.29) is 5.56 Å². The molecule has 4 rings (SSSR count). The number of nitrogens with one attached hydrogen (secondary N) is 1. The Morgan fingerprint density at radius 2 is 1.92 bits per heavy atom. The number of rotatable bonds is 3. The second-order valence-electron chi connectivity index (χ2n) is 6.47. The molecule has 0 aliphatic carbocycles. The molecule has 3 aromatic rings. The minimum atomic E-state index is -0.0852. The van der Waals surface area contributed by atoms with Gasteiger partial charge in [-0.05, 0) is 55.2 Å². The highest BCUT2D eigenvalue weighted by molar-refractivity contribution is 5.76. The van der Waals surface area contributed by atoms with E-state index in [1.54, 1.807) is 12.4 Å². The predicted octanol–water partition coefficient (Wildman–Crippen LogP) is 4.00. The van der Waals surface area contributed by atoms with Crippen molar-refractivity contribution in [3.8, 4) is 22.5 Å². The van der Waals surface area contributed by atoms with Gasteiger partial charge in [-0.15, -0.1) is 0 Å². The average Bonchev–Trinajstić information content (AvgIpc) is 3.09. The Labute approximate surface area is 146 Å². The van der Waals surface area contributed by atoms with Crippen LogP contribution in [-0.4, -0.2) is 23.1 Å². The fourth-order valence-corrected chi connectivity index (χ4v) is 3.39. The molecule has 0 radical (unpaired) electrons. The van der Waals surface area contributed by atoms with Crippen molar-refractivity contribution in [2.45, 2.75) is 26.2 Å². The van der Waals surface area contributed by atoms with Gasteiger partial charge < -0.3 is 14.3 Å². The first-order valence-electron chi connectivity index (χ1n) is 8.71. The van der Waals surface area contributed by atoms with Crippen LogP contribution in [0.15, 0.2) is 51.9 Å². The van der Waals surface area contributed by atoms with Crippen LogP contribution in [0.1, 0.15) is 25.2 Å². The summed E-state index contributed by atoms with van der Waals surface area (Å²) in [7, 11) is 0. The van der Waals surface area contributed by atoms with Crippen LogP contribution in [0, 0.1) is 6.92 Å². The standard InChI is InChI=1S/C20H21N3O2/c1-14-22-13-19(25-14)16-10-15(18-6-5-7-21-20(18)24)11-17(12-16)23-8-3-2-4-9-23/h5-7,10-13H,2-4,8-9H2,1H3,(H,21,24). The maximum Gasteiger partial charge on any atom is 0.255 e. The molecule has 0 unspecified atom stereocenters. The summed E-state index contributed by atoms with van der Waals surface area (Å²) >= 11 is 0. The van der Waals surface area contributed by atoms with Gasteiger partial charge in [0.05, 0.1) is 6.20 Å². The lowest BCUT2D eigenvalue weighted by atomic mass is 10.0. The van der Waals surface area contributed by atoms with E-state index in [4.69, 9.17) is 4.42 Å². The normalized spacial score (nSPS) is 14.7. The number of anilines is 1. The Balaban J connectivity index is 1.85. The SMILES string of the molecule is Cc1ncc(-c2cc(-c3ccc[nH]c3=O)cc(N3CCCCC3)c2)o1. The van der Waals surface area contributed by atoms with Gasteiger partial charge in [-0.25, -0.2) is 4.98 Å². The van der Waals surface area contributed by atoms with Crippen molar-refractivity contribution in [3.05, 3.63) is 59.0 Å². The number of hydrogen-bond acceptors (Lipinski definition) is 4. The Bertz CT molecular complexity index is 936. The highest BCUT2D eigenvalue weighted by Crippen LogP contribution is 2.32. The van der Waals surface area contributed by atoms with Gasteiger partial charge in [-0.3, -0.25) is 4.79 Å². The second-order valence-corrected chi connectivity index (χ2v) is 6.47. The Kier molecular flexibility index (Phi) is 4.14. The third kappa shape index (κ3) is 3.22. The molecule has 3 heterocycles. The summed E-state index contributed by atoms with van der Waals surface area (Å²) in [6.45, 7) is 3.92. The third-order valence-corrected chi connectivity index (χ3v) is 4.67. The van der Waals surface area contributed by atoms with Crippen LogP contribution in [0.3, 0.4) is 0 Å². The summed E-state index contributed by atoms with van der Waals surface area (Å²) in [4.78, 5) is 21.6. The van der Waals surface area contributed by atoms with Crippen LogP contribution < -0.4 is 10.5 Å². The molecule has 0 spiro atoms. The molecule has 0 amide bonds. The molecule has 128 valence electrons. The van der Waals surface area contributed by atoms with Crippen molar-refractivity contribution in [2.24, 2.45) is 0 Å². The molecule has 1 N–H and O–H groups in total. The van der Waals surface area contributed by atoms with Crippen LogP contribution in [0.2, 0.25) is 0 Å². The largest absolute Gasteiger partial charge is 0.441 e. The summed E-state index contributed by atoms with van der Waals surface area (Å²) in [5.74, 6) is 1.36. The molecule has 1 aromatic carbocycles. The Hall–Kier alpha value is -2.82. The van der Waals surface area contributed by atoms with Crippen molar-refractivity contribution >= 4 is 5.69 Å². The molecule has 1 aliphatic rings. The molecule has 1 fully saturated rings. The molecule has 1 aliphatic heterocycles. The van der Waals surface area contributed by atoms with Crippen molar-refractivity contribution in [1.82, 2.24) is 9.97 Å². The third-order valence-electron chi connectivity index (χ3n) is 4.67. The molecule has 0 bridgehead atoms. The topological polar surface area (TPSA) is 62.1 Å². The van der Waals surface area contributed by atoms with Crippen molar-refractivity contribution in [2.75, 3.05) is 18.0 Å². The van der Waals surface area contributed by atoms with Crippen LogP contribution in [0.5, 0.6) is 0 Å². The average molecular weight is 335 g/mol. The summed E-state index contributed by atoms with van der Waals surface area (Å²) < 4.78 is 5.72. The summed E-state index contributed by atoms with van der Waals surface area (Å²) in [6.07, 6.45) is 7.08. The van der Waals surface area contributed by atoms with E-state index in [1.165, 1.54) is 19.3 Å². The van der Waals surface area contributed by atoms with Crippen LogP contribution >= 0.6 is 0 Å². The number of piperidine rings is 1. The van der Waals surface area contributed by atoms with Gasteiger partial charge >= 0.3 is 0 Å². The highest BCUT2D eigenvalue weighted by Gasteiger charge is 2.16. The lowest BCUT2D eigenvalue weighted by Crippen LogP contribution is -2.29. The Morgan fingerprint density at radius 1 is 1.12 bits per heavy atom. The molecule has 5 nitrogen and oxygen atoms in total. The predicted molar refractivity (Wildman–Crippen MR) is 98.8 cm³/mol. The Morgan fingerprint density at radius 3 is 2.64 bits per heavy atom. The minimum Gasteiger partial charge on any atom is -0.441 e. The first-order chi connectivity index (χ1) is 12.2. The van der Waals surface area contributed by atoms with E-state index in [1.807, 2.05) is 25.1 Å². The number of aromatic amines is 1. The highest BCUT2D eigenvalue weighted by atomic mass is 16.4. The fraction of sp³-hybridized carbons (Fsp3) is 0.300. The maximum atomic E-state index is 12.3. The summed E-state index contributed by atoms with van der Waals surface area (Å²) in [5.41, 5.74) is 3.55. The van der Waals surface area contributed by atoms with Gasteiger partial charge in [0.15, 0.2) is 11.7 Å². The summed E-state index contributed by atoms with van der Waals surface area (Å²) in [5, 5.41) is 0. The van der Waals surface area contributed by atoms with Gasteiger partial charge in [0, 0.05) is 43.0 Å². The molecule has 1 saturated heterocycles. The van der Waals surface area contributed by atoms with Crippen LogP contribution in [-0.2, 0) is 0 Å². The molecule has 25 heavy (non-hydrogen) atoms. The smallest absolute Gasteiger partial charge is 0.255 e. The zero-order valence-electron chi connectivity index (χ0n) is 14.3. The van der Waals surface area contributed by atoms with E-state index < -0.39 is 0 Å². The number of hydrogen-bond donors (Lipinski definition) is 1. The number of H-pyrrole nitrogens is 1. The summed E-state index contributed by atoms with van der Waals surface area (Å²) in [6, 6.07) is 9.93. The lowest BCUT2D eigenvalue weighted by Gasteiger charge is -2.29. The van der Waals surface area contributed by atoms with E-state index >= 15 is 0 Å². The number of oxazole rings is 1. The molecule has 0 atom stereocenters. The maximum absolute atomic E-state index is 12.3. The number of aromatic nitrogens is 2. The molecular formula is C20H21N3O2. The van der Waals surface area contributed by atoms with Crippen molar-refractivity contribution in [3.63, 3.8) is 0 Å². The van der Waals surface area contributed by atoms with Crippen LogP contribution in [0.4, 0.5) is 5.69 Å². The van der Waals surface area contributed by atoms with E-state index in [0.29, 0.717) is 11.5 Å². The van der Waals surface area contributed by atoms with E-state index in [9.17, 15) is 4.79 Å². The number of aryl methyl sites for hydroxylation is 1. The molecular weight excluding hydrogens is 314 g/mol. The van der Waals surface area contributed by atoms with Gasteiger partial charge in [0.2, 0.25) is 0 Å². The minimum absolute atomic E-state index is 0.0852. The van der Waals surface area contributed by atoms with E-state index in [2.05, 4.69) is 27.0 Å². The molecule has 0 saturated carbocycles. The molecule has 2 aromatic heterocycles. The first-order valence-corrected chi connectivity index (χ1v) is 8.71. The second kappa shape index (κ2) is 6.59. The first kappa shape index (κ1) is 15.7. The monoisotopic (exact) mass is 335 g/mol. The van der Waals surface area contributed by atoms with Crippen LogP contribution in [0.25, 0.3) is 22.5 Å². The fourth-order valence-electron chi connectivity index (χ4n) is 3.39. The lowest BCUT2D eigenvalue weighted by molar-refractivity contribution is 0.534. The number of benzene rings is 1. The molecule has 5 heteroatoms. The van der Waals surface area contributed by atoms with Crippen molar-refractivity contribution in [1.29, 1.82) is 0 Å². The number of pyridine rings is 1. The van der Waals surface area contributed by atoms with Gasteiger partial charge in [-0.2, -0.15) is 0 Å². The quantitative estimate of drug-likeness (QED) is 0.786. The van der Waals surface area contributed by atoms with E-state index in [0.717, 1.165) is 35.7 Å². The van der Waals surface area contributed by atoms with Gasteiger partial charge in [0.1, 0.15) is 0 Å². The zero-order valence-corrected chi connectivity index (χ0v) is 14.3. The zero-order chi connectivity index (χ0) is 17.2. The van der Waals surface area contributed by atoms with Crippen molar-refractivity contribution < 1.29 is 4.42 Å². The van der Waals surface area contributed by atoms with Gasteiger partial charge in [0.25, 0.3) is 5.56 Å². The number of nitrogens with zero attached hydrogens (tertiary/aromatic N) is 2. The van der Waals surface area contributed by atoms with Gasteiger partial charge in [-0.1, -0.05) is 0 Å².